The van der Waals surface area contributed by atoms with Crippen LogP contribution in [0.25, 0.3) is 0 Å². The second-order valence-electron chi connectivity index (χ2n) is 4.89. The highest BCUT2D eigenvalue weighted by molar-refractivity contribution is 14.1. The number of methoxy groups -OCH3 is 1. The van der Waals surface area contributed by atoms with Crippen molar-refractivity contribution in [1.82, 2.24) is 5.32 Å². The number of amides is 1. The second kappa shape index (κ2) is 8.05. The Morgan fingerprint density at radius 3 is 2.52 bits per heavy atom. The molecule has 4 nitrogen and oxygen atoms in total. The van der Waals surface area contributed by atoms with E-state index < -0.39 is 23.7 Å². The Morgan fingerprint density at radius 2 is 1.91 bits per heavy atom. The smallest absolute Gasteiger partial charge is 0.328 e. The molecule has 0 saturated heterocycles. The number of rotatable bonds is 5. The molecular formula is C17H15FINO3. The summed E-state index contributed by atoms with van der Waals surface area (Å²) in [5.41, 5.74) is 1.19. The summed E-state index contributed by atoms with van der Waals surface area (Å²) in [6, 6.07) is 11.9. The molecule has 120 valence electrons. The van der Waals surface area contributed by atoms with E-state index in [1.54, 1.807) is 0 Å². The number of hydrogen-bond acceptors (Lipinski definition) is 3. The van der Waals surface area contributed by atoms with Crippen molar-refractivity contribution in [2.45, 2.75) is 12.5 Å². The van der Waals surface area contributed by atoms with Crippen LogP contribution in [0.5, 0.6) is 0 Å². The molecule has 2 rings (SSSR count). The van der Waals surface area contributed by atoms with Gasteiger partial charge < -0.3 is 10.1 Å². The van der Waals surface area contributed by atoms with Gasteiger partial charge in [-0.15, -0.1) is 0 Å². The lowest BCUT2D eigenvalue weighted by Gasteiger charge is -2.17. The Bertz CT molecular complexity index is 703. The van der Waals surface area contributed by atoms with Gasteiger partial charge in [-0.1, -0.05) is 12.1 Å². The average Bonchev–Trinajstić information content (AvgIpc) is 2.54. The summed E-state index contributed by atoms with van der Waals surface area (Å²) in [4.78, 5) is 24.1. The zero-order valence-corrected chi connectivity index (χ0v) is 14.5. The molecule has 0 bridgehead atoms. The SMILES string of the molecule is COC(=O)[C@@H](Cc1cccc(I)c1)NC(=O)c1ccc(F)cc1. The molecule has 0 spiro atoms. The number of esters is 1. The maximum absolute atomic E-state index is 12.9. The third-order valence-corrected chi connectivity index (χ3v) is 3.90. The third kappa shape index (κ3) is 5.02. The molecule has 0 unspecified atom stereocenters. The monoisotopic (exact) mass is 427 g/mol. The van der Waals surface area contributed by atoms with Gasteiger partial charge >= 0.3 is 5.97 Å². The van der Waals surface area contributed by atoms with E-state index >= 15 is 0 Å². The van der Waals surface area contributed by atoms with E-state index in [1.165, 1.54) is 31.4 Å². The zero-order valence-electron chi connectivity index (χ0n) is 12.4. The highest BCUT2D eigenvalue weighted by atomic mass is 127. The van der Waals surface area contributed by atoms with Gasteiger partial charge in [0.2, 0.25) is 0 Å². The lowest BCUT2D eigenvalue weighted by Crippen LogP contribution is -2.43. The molecule has 23 heavy (non-hydrogen) atoms. The molecule has 0 heterocycles. The maximum Gasteiger partial charge on any atom is 0.328 e. The van der Waals surface area contributed by atoms with Crippen LogP contribution >= 0.6 is 22.6 Å². The summed E-state index contributed by atoms with van der Waals surface area (Å²) in [7, 11) is 1.27. The van der Waals surface area contributed by atoms with E-state index in [1.807, 2.05) is 24.3 Å². The predicted octanol–water partition coefficient (Wildman–Crippen LogP) is 2.94. The Labute approximate surface area is 147 Å². The van der Waals surface area contributed by atoms with Gasteiger partial charge in [0.25, 0.3) is 5.91 Å². The summed E-state index contributed by atoms with van der Waals surface area (Å²) >= 11 is 2.18. The first kappa shape index (κ1) is 17.4. The average molecular weight is 427 g/mol. The van der Waals surface area contributed by atoms with Gasteiger partial charge in [-0.3, -0.25) is 4.79 Å². The molecule has 0 aliphatic carbocycles. The largest absolute Gasteiger partial charge is 0.467 e. The number of nitrogens with one attached hydrogen (secondary N) is 1. The molecule has 6 heteroatoms. The molecule has 0 aliphatic rings. The number of benzene rings is 2. The predicted molar refractivity (Wildman–Crippen MR) is 92.5 cm³/mol. The number of hydrogen-bond donors (Lipinski definition) is 1. The number of halogens is 2. The highest BCUT2D eigenvalue weighted by Crippen LogP contribution is 2.11. The van der Waals surface area contributed by atoms with E-state index in [-0.39, 0.29) is 5.56 Å². The van der Waals surface area contributed by atoms with E-state index in [4.69, 9.17) is 4.74 Å². The van der Waals surface area contributed by atoms with Crippen LogP contribution in [-0.2, 0) is 16.0 Å². The van der Waals surface area contributed by atoms with E-state index in [2.05, 4.69) is 27.9 Å². The van der Waals surface area contributed by atoms with Crippen molar-refractivity contribution in [2.24, 2.45) is 0 Å². The number of carbonyl (C=O) groups excluding carboxylic acids is 2. The van der Waals surface area contributed by atoms with Crippen molar-refractivity contribution in [3.63, 3.8) is 0 Å². The minimum atomic E-state index is -0.809. The first-order chi connectivity index (χ1) is 11.0. The van der Waals surface area contributed by atoms with Crippen LogP contribution in [0.15, 0.2) is 48.5 Å². The molecule has 1 amide bonds. The molecule has 0 fully saturated rings. The topological polar surface area (TPSA) is 55.4 Å². The van der Waals surface area contributed by atoms with Crippen molar-refractivity contribution in [1.29, 1.82) is 0 Å². The van der Waals surface area contributed by atoms with Crippen LogP contribution in [-0.4, -0.2) is 25.0 Å². The lowest BCUT2D eigenvalue weighted by molar-refractivity contribution is -0.142. The van der Waals surface area contributed by atoms with Gasteiger partial charge in [0.15, 0.2) is 0 Å². The molecule has 1 N–H and O–H groups in total. The molecule has 1 atom stereocenters. The van der Waals surface area contributed by atoms with Crippen molar-refractivity contribution < 1.29 is 18.7 Å². The standard InChI is InChI=1S/C17H15FINO3/c1-23-17(22)15(10-11-3-2-4-14(19)9-11)20-16(21)12-5-7-13(18)8-6-12/h2-9,15H,10H2,1H3,(H,20,21)/t15-/m1/s1. The molecule has 0 saturated carbocycles. The molecule has 0 radical (unpaired) electrons. The van der Waals surface area contributed by atoms with Crippen LogP contribution in [0.4, 0.5) is 4.39 Å². The van der Waals surface area contributed by atoms with Gasteiger partial charge in [-0.25, -0.2) is 9.18 Å². The minimum Gasteiger partial charge on any atom is -0.467 e. The molecule has 2 aromatic rings. The summed E-state index contributed by atoms with van der Waals surface area (Å²) < 4.78 is 18.7. The Morgan fingerprint density at radius 1 is 1.22 bits per heavy atom. The van der Waals surface area contributed by atoms with Crippen molar-refractivity contribution in [3.05, 3.63) is 69.0 Å². The lowest BCUT2D eigenvalue weighted by atomic mass is 10.1. The van der Waals surface area contributed by atoms with Gasteiger partial charge in [-0.05, 0) is 64.6 Å². The summed E-state index contributed by atoms with van der Waals surface area (Å²) in [5.74, 6) is -1.41. The normalized spacial score (nSPS) is 11.6. The van der Waals surface area contributed by atoms with Crippen molar-refractivity contribution in [2.75, 3.05) is 7.11 Å². The fourth-order valence-corrected chi connectivity index (χ4v) is 2.69. The first-order valence-electron chi connectivity index (χ1n) is 6.88. The van der Waals surface area contributed by atoms with E-state index in [9.17, 15) is 14.0 Å². The van der Waals surface area contributed by atoms with Crippen LogP contribution < -0.4 is 5.32 Å². The van der Waals surface area contributed by atoms with Gasteiger partial charge in [0, 0.05) is 15.6 Å². The van der Waals surface area contributed by atoms with Gasteiger partial charge in [0.05, 0.1) is 7.11 Å². The van der Waals surface area contributed by atoms with Crippen molar-refractivity contribution in [3.8, 4) is 0 Å². The third-order valence-electron chi connectivity index (χ3n) is 3.23. The van der Waals surface area contributed by atoms with Crippen LogP contribution in [0.3, 0.4) is 0 Å². The van der Waals surface area contributed by atoms with Gasteiger partial charge in [0.1, 0.15) is 11.9 Å². The molecule has 0 aliphatic heterocycles. The summed E-state index contributed by atoms with van der Waals surface area (Å²) in [6.45, 7) is 0. The molecular weight excluding hydrogens is 412 g/mol. The number of carbonyl (C=O) groups is 2. The van der Waals surface area contributed by atoms with Crippen molar-refractivity contribution >= 4 is 34.5 Å². The highest BCUT2D eigenvalue weighted by Gasteiger charge is 2.22. The van der Waals surface area contributed by atoms with Gasteiger partial charge in [-0.2, -0.15) is 0 Å². The van der Waals surface area contributed by atoms with Crippen LogP contribution in [0.2, 0.25) is 0 Å². The Balaban J connectivity index is 2.13. The summed E-state index contributed by atoms with van der Waals surface area (Å²) in [6.07, 6.45) is 0.316. The fraction of sp³-hybridized carbons (Fsp3) is 0.176. The van der Waals surface area contributed by atoms with E-state index in [0.717, 1.165) is 9.13 Å². The Kier molecular flexibility index (Phi) is 6.09. The Hall–Kier alpha value is -1.96. The van der Waals surface area contributed by atoms with E-state index in [0.29, 0.717) is 6.42 Å². The first-order valence-corrected chi connectivity index (χ1v) is 7.96. The van der Waals surface area contributed by atoms with Crippen LogP contribution in [0.1, 0.15) is 15.9 Å². The zero-order chi connectivity index (χ0) is 16.8. The molecule has 2 aromatic carbocycles. The second-order valence-corrected chi connectivity index (χ2v) is 6.14. The summed E-state index contributed by atoms with van der Waals surface area (Å²) in [5, 5.41) is 2.63. The van der Waals surface area contributed by atoms with Crippen LogP contribution in [0, 0.1) is 9.39 Å². The maximum atomic E-state index is 12.9. The quantitative estimate of drug-likeness (QED) is 0.590. The fourth-order valence-electron chi connectivity index (χ4n) is 2.08. The minimum absolute atomic E-state index is 0.281. The number of ether oxygens (including phenoxy) is 1. The molecule has 0 aromatic heterocycles.